The van der Waals surface area contributed by atoms with Crippen LogP contribution in [-0.2, 0) is 4.79 Å². The van der Waals surface area contributed by atoms with Crippen molar-refractivity contribution in [3.8, 4) is 0 Å². The van der Waals surface area contributed by atoms with E-state index in [1.165, 1.54) is 148 Å². The molecule has 0 bridgehead atoms. The molecule has 2 unspecified atom stereocenters. The smallest absolute Gasteiger partial charge is 0.220 e. The van der Waals surface area contributed by atoms with Gasteiger partial charge in [-0.15, -0.1) is 0 Å². The highest BCUT2D eigenvalue weighted by atomic mass is 16.3. The number of hydrogen-bond donors (Lipinski definition) is 3. The zero-order valence-electron chi connectivity index (χ0n) is 29.0. The minimum absolute atomic E-state index is 0.0728. The molecule has 4 heteroatoms. The molecule has 0 aromatic carbocycles. The number of rotatable bonds is 34. The number of amides is 1. The molecule has 43 heavy (non-hydrogen) atoms. The molecule has 254 valence electrons. The van der Waals surface area contributed by atoms with Crippen LogP contribution < -0.4 is 5.32 Å². The molecule has 2 atom stereocenters. The third kappa shape index (κ3) is 32.1. The molecule has 3 N–H and O–H groups in total. The van der Waals surface area contributed by atoms with Gasteiger partial charge in [0, 0.05) is 6.42 Å². The average molecular weight is 606 g/mol. The third-order valence-electron chi connectivity index (χ3n) is 8.69. The number of carbonyl (C=O) groups is 1. The Morgan fingerprint density at radius 2 is 0.907 bits per heavy atom. The second-order valence-electron chi connectivity index (χ2n) is 13.0. The maximum atomic E-state index is 12.3. The summed E-state index contributed by atoms with van der Waals surface area (Å²) in [5.41, 5.74) is 0. The number of unbranched alkanes of at least 4 members (excludes halogenated alkanes) is 25. The first-order valence-corrected chi connectivity index (χ1v) is 19.1. The van der Waals surface area contributed by atoms with E-state index in [0.29, 0.717) is 6.42 Å². The summed E-state index contributed by atoms with van der Waals surface area (Å²) >= 11 is 0. The Kier molecular flexibility index (Phi) is 34.4. The molecular formula is C39H75NO3. The number of aliphatic hydroxyl groups is 2. The van der Waals surface area contributed by atoms with Crippen LogP contribution in [0.4, 0.5) is 0 Å². The molecule has 4 nitrogen and oxygen atoms in total. The minimum atomic E-state index is -0.856. The number of aliphatic hydroxyl groups excluding tert-OH is 2. The van der Waals surface area contributed by atoms with Crippen LogP contribution in [0.15, 0.2) is 24.3 Å². The summed E-state index contributed by atoms with van der Waals surface area (Å²) in [6.07, 6.45) is 44.1. The van der Waals surface area contributed by atoms with E-state index in [2.05, 4.69) is 31.3 Å². The van der Waals surface area contributed by atoms with Crippen molar-refractivity contribution in [2.75, 3.05) is 6.61 Å². The summed E-state index contributed by atoms with van der Waals surface area (Å²) < 4.78 is 0. The van der Waals surface area contributed by atoms with Crippen LogP contribution in [0, 0.1) is 0 Å². The van der Waals surface area contributed by atoms with E-state index >= 15 is 0 Å². The van der Waals surface area contributed by atoms with Gasteiger partial charge in [0.05, 0.1) is 18.8 Å². The van der Waals surface area contributed by atoms with Gasteiger partial charge >= 0.3 is 0 Å². The quantitative estimate of drug-likeness (QED) is 0.0505. The Hall–Kier alpha value is -1.13. The first-order valence-electron chi connectivity index (χ1n) is 19.1. The molecule has 0 aromatic heterocycles. The van der Waals surface area contributed by atoms with Gasteiger partial charge in [-0.25, -0.2) is 0 Å². The SMILES string of the molecule is CCCCCCCCCC/C=C/CC/C=C/C(O)C(CO)NC(=O)CCCCCCCCCCCCCCCCCCC. The molecule has 0 saturated heterocycles. The van der Waals surface area contributed by atoms with Crippen molar-refractivity contribution >= 4 is 5.91 Å². The lowest BCUT2D eigenvalue weighted by atomic mass is 10.0. The Balaban J connectivity index is 3.62. The van der Waals surface area contributed by atoms with Crippen LogP contribution in [0.1, 0.15) is 200 Å². The highest BCUT2D eigenvalue weighted by Gasteiger charge is 2.17. The molecular weight excluding hydrogens is 530 g/mol. The molecule has 0 spiro atoms. The second kappa shape index (κ2) is 35.4. The fourth-order valence-electron chi connectivity index (χ4n) is 5.72. The van der Waals surface area contributed by atoms with Gasteiger partial charge < -0.3 is 15.5 Å². The molecule has 0 aliphatic rings. The first-order chi connectivity index (χ1) is 21.2. The van der Waals surface area contributed by atoms with Gasteiger partial charge in [0.25, 0.3) is 0 Å². The fraction of sp³-hybridized carbons (Fsp3) is 0.872. The summed E-state index contributed by atoms with van der Waals surface area (Å²) in [7, 11) is 0. The normalized spacial score (nSPS) is 13.3. The molecule has 0 aliphatic carbocycles. The van der Waals surface area contributed by atoms with Crippen LogP contribution in [-0.4, -0.2) is 34.9 Å². The van der Waals surface area contributed by atoms with E-state index in [1.54, 1.807) is 6.08 Å². The van der Waals surface area contributed by atoms with Gasteiger partial charge in [0.1, 0.15) is 0 Å². The summed E-state index contributed by atoms with van der Waals surface area (Å²) in [5, 5.41) is 22.9. The Morgan fingerprint density at radius 1 is 0.535 bits per heavy atom. The molecule has 0 fully saturated rings. The largest absolute Gasteiger partial charge is 0.394 e. The molecule has 0 aliphatic heterocycles. The maximum absolute atomic E-state index is 12.3. The second-order valence-corrected chi connectivity index (χ2v) is 13.0. The highest BCUT2D eigenvalue weighted by Crippen LogP contribution is 2.15. The van der Waals surface area contributed by atoms with Gasteiger partial charge in [-0.1, -0.05) is 186 Å². The van der Waals surface area contributed by atoms with E-state index in [4.69, 9.17) is 0 Å². The molecule has 1 amide bonds. The van der Waals surface area contributed by atoms with E-state index in [1.807, 2.05) is 6.08 Å². The lowest BCUT2D eigenvalue weighted by Gasteiger charge is -2.19. The van der Waals surface area contributed by atoms with E-state index in [-0.39, 0.29) is 12.5 Å². The van der Waals surface area contributed by atoms with E-state index in [9.17, 15) is 15.0 Å². The fourth-order valence-corrected chi connectivity index (χ4v) is 5.72. The van der Waals surface area contributed by atoms with Gasteiger partial charge in [-0.05, 0) is 32.1 Å². The van der Waals surface area contributed by atoms with Crippen molar-refractivity contribution in [3.63, 3.8) is 0 Å². The van der Waals surface area contributed by atoms with Gasteiger partial charge in [-0.3, -0.25) is 4.79 Å². The predicted octanol–water partition coefficient (Wildman–Crippen LogP) is 11.3. The van der Waals surface area contributed by atoms with Crippen LogP contribution >= 0.6 is 0 Å². The number of allylic oxidation sites excluding steroid dienone is 3. The zero-order chi connectivity index (χ0) is 31.5. The van der Waals surface area contributed by atoms with E-state index < -0.39 is 12.1 Å². The van der Waals surface area contributed by atoms with Crippen molar-refractivity contribution in [1.82, 2.24) is 5.32 Å². The van der Waals surface area contributed by atoms with Crippen LogP contribution in [0.2, 0.25) is 0 Å². The molecule has 0 radical (unpaired) electrons. The van der Waals surface area contributed by atoms with Gasteiger partial charge in [0.15, 0.2) is 0 Å². The van der Waals surface area contributed by atoms with Crippen LogP contribution in [0.25, 0.3) is 0 Å². The van der Waals surface area contributed by atoms with Crippen molar-refractivity contribution < 1.29 is 15.0 Å². The van der Waals surface area contributed by atoms with Crippen LogP contribution in [0.5, 0.6) is 0 Å². The van der Waals surface area contributed by atoms with Crippen molar-refractivity contribution in [2.24, 2.45) is 0 Å². The predicted molar refractivity (Wildman–Crippen MR) is 189 cm³/mol. The standard InChI is InChI=1S/C39H75NO3/c1-3-5-7-9-11-13-15-17-19-20-21-23-25-27-29-31-33-35-39(43)40-37(36-41)38(42)34-32-30-28-26-24-22-18-16-14-12-10-8-6-4-2/h24,26,32,34,37-38,41-42H,3-23,25,27-31,33,35-36H2,1-2H3,(H,40,43)/b26-24+,34-32+. The monoisotopic (exact) mass is 606 g/mol. The first kappa shape index (κ1) is 41.9. The lowest BCUT2D eigenvalue weighted by Crippen LogP contribution is -2.45. The molecule has 0 rings (SSSR count). The highest BCUT2D eigenvalue weighted by molar-refractivity contribution is 5.76. The Morgan fingerprint density at radius 3 is 1.35 bits per heavy atom. The summed E-state index contributed by atoms with van der Waals surface area (Å²) in [6.45, 7) is 4.29. The van der Waals surface area contributed by atoms with E-state index in [0.717, 1.165) is 32.1 Å². The van der Waals surface area contributed by atoms with Gasteiger partial charge in [-0.2, -0.15) is 0 Å². The summed E-state index contributed by atoms with van der Waals surface area (Å²) in [5.74, 6) is -0.0728. The average Bonchev–Trinajstić information content (AvgIpc) is 3.01. The number of nitrogens with one attached hydrogen (secondary N) is 1. The topological polar surface area (TPSA) is 69.6 Å². The summed E-state index contributed by atoms with van der Waals surface area (Å²) in [6, 6.07) is -0.632. The molecule has 0 aromatic rings. The van der Waals surface area contributed by atoms with Crippen molar-refractivity contribution in [3.05, 3.63) is 24.3 Å². The zero-order valence-corrected chi connectivity index (χ0v) is 29.0. The van der Waals surface area contributed by atoms with Crippen LogP contribution in [0.3, 0.4) is 0 Å². The maximum Gasteiger partial charge on any atom is 0.220 e. The molecule has 0 heterocycles. The number of hydrogen-bond acceptors (Lipinski definition) is 3. The Bertz CT molecular complexity index is 618. The number of carbonyl (C=O) groups excluding carboxylic acids is 1. The summed E-state index contributed by atoms with van der Waals surface area (Å²) in [4.78, 5) is 12.3. The van der Waals surface area contributed by atoms with Crippen molar-refractivity contribution in [1.29, 1.82) is 0 Å². The van der Waals surface area contributed by atoms with Crippen molar-refractivity contribution in [2.45, 2.75) is 212 Å². The lowest BCUT2D eigenvalue weighted by molar-refractivity contribution is -0.123. The Labute approximate surface area is 269 Å². The van der Waals surface area contributed by atoms with Gasteiger partial charge in [0.2, 0.25) is 5.91 Å². The third-order valence-corrected chi connectivity index (χ3v) is 8.69. The molecule has 0 saturated carbocycles. The minimum Gasteiger partial charge on any atom is -0.394 e.